The number of rotatable bonds is 4. The van der Waals surface area contributed by atoms with E-state index in [1.54, 1.807) is 11.6 Å². The number of hydrogen-bond acceptors (Lipinski definition) is 4. The number of urea groups is 1. The van der Waals surface area contributed by atoms with E-state index < -0.39 is 6.04 Å². The Morgan fingerprint density at radius 1 is 1.27 bits per heavy atom. The average Bonchev–Trinajstić information content (AvgIpc) is 2.98. The summed E-state index contributed by atoms with van der Waals surface area (Å²) >= 11 is 0. The Kier molecular flexibility index (Phi) is 3.50. The first-order chi connectivity index (χ1) is 10.5. The molecule has 0 aliphatic carbocycles. The van der Waals surface area contributed by atoms with Gasteiger partial charge in [0.15, 0.2) is 5.76 Å². The predicted octanol–water partition coefficient (Wildman–Crippen LogP) is 1.85. The highest BCUT2D eigenvalue weighted by atomic mass is 16.4. The number of oxazole rings is 1. The summed E-state index contributed by atoms with van der Waals surface area (Å²) in [7, 11) is 1.65. The number of aryl methyl sites for hydroxylation is 1. The number of carbonyl (C=O) groups excluding carboxylic acids is 2. The first kappa shape index (κ1) is 14.7. The second-order valence-corrected chi connectivity index (χ2v) is 5.81. The summed E-state index contributed by atoms with van der Waals surface area (Å²) < 4.78 is 7.36. The van der Waals surface area contributed by atoms with Crippen LogP contribution < -0.4 is 4.57 Å². The van der Waals surface area contributed by atoms with Crippen molar-refractivity contribution in [3.8, 4) is 0 Å². The molecular weight excluding hydrogens is 284 g/mol. The van der Waals surface area contributed by atoms with Crippen molar-refractivity contribution in [2.24, 2.45) is 4.99 Å². The molecule has 118 valence electrons. The molecule has 1 fully saturated rings. The fraction of sp³-hybridized carbons (Fsp3) is 0.600. The number of imide groups is 1. The van der Waals surface area contributed by atoms with Crippen LogP contribution in [-0.4, -0.2) is 41.2 Å². The van der Waals surface area contributed by atoms with Gasteiger partial charge in [0.05, 0.1) is 0 Å². The number of fused-ring (bicyclic) bond motifs is 3. The quantitative estimate of drug-likeness (QED) is 0.629. The van der Waals surface area contributed by atoms with E-state index in [1.807, 2.05) is 13.8 Å². The van der Waals surface area contributed by atoms with Gasteiger partial charge in [-0.3, -0.25) is 14.6 Å². The SMILES string of the molecule is CCCCCN1C(=O)C2C(=Nc3oc(C)c(C)[n+]32)N(C)C1=O. The largest absolute Gasteiger partial charge is 0.507 e. The lowest BCUT2D eigenvalue weighted by atomic mass is 10.1. The number of carbonyl (C=O) groups is 2. The van der Waals surface area contributed by atoms with Gasteiger partial charge in [0.2, 0.25) is 0 Å². The van der Waals surface area contributed by atoms with Crippen molar-refractivity contribution < 1.29 is 18.6 Å². The highest BCUT2D eigenvalue weighted by Crippen LogP contribution is 2.30. The monoisotopic (exact) mass is 305 g/mol. The molecule has 7 nitrogen and oxygen atoms in total. The molecular formula is C15H21N4O3+. The normalized spacial score (nSPS) is 20.4. The van der Waals surface area contributed by atoms with Gasteiger partial charge in [-0.25, -0.2) is 4.79 Å². The van der Waals surface area contributed by atoms with E-state index in [2.05, 4.69) is 11.9 Å². The molecule has 0 N–H and O–H groups in total. The van der Waals surface area contributed by atoms with Gasteiger partial charge in [-0.1, -0.05) is 19.8 Å². The van der Waals surface area contributed by atoms with Gasteiger partial charge in [0.1, 0.15) is 5.69 Å². The molecule has 0 spiro atoms. The topological polar surface area (TPSA) is 70.0 Å². The zero-order valence-electron chi connectivity index (χ0n) is 13.4. The zero-order chi connectivity index (χ0) is 16.0. The fourth-order valence-corrected chi connectivity index (χ4v) is 2.95. The molecule has 7 heteroatoms. The molecule has 3 amide bonds. The summed E-state index contributed by atoms with van der Waals surface area (Å²) in [4.78, 5) is 32.4. The van der Waals surface area contributed by atoms with E-state index in [-0.39, 0.29) is 11.9 Å². The third-order valence-electron chi connectivity index (χ3n) is 4.38. The minimum Gasteiger partial charge on any atom is -0.389 e. The standard InChI is InChI=1S/C15H21N4O3/c1-5-6-7-8-18-13(20)11-12(17(4)15(18)21)16-14-19(11)9(2)10(3)22-14/h11H,5-8H2,1-4H3/q+1. The van der Waals surface area contributed by atoms with Crippen LogP contribution in [0, 0.1) is 13.8 Å². The number of aromatic nitrogens is 1. The second-order valence-electron chi connectivity index (χ2n) is 5.81. The van der Waals surface area contributed by atoms with Gasteiger partial charge in [-0.2, -0.15) is 4.57 Å². The second kappa shape index (κ2) is 5.23. The maximum atomic E-state index is 12.8. The van der Waals surface area contributed by atoms with E-state index in [1.165, 1.54) is 9.80 Å². The lowest BCUT2D eigenvalue weighted by molar-refractivity contribution is -0.685. The summed E-state index contributed by atoms with van der Waals surface area (Å²) in [5.41, 5.74) is 0.864. The molecule has 0 radical (unpaired) electrons. The maximum Gasteiger partial charge on any atom is 0.507 e. The average molecular weight is 305 g/mol. The molecule has 1 aromatic heterocycles. The Bertz CT molecular complexity index is 677. The van der Waals surface area contributed by atoms with Gasteiger partial charge in [0, 0.05) is 25.5 Å². The van der Waals surface area contributed by atoms with Crippen LogP contribution in [-0.2, 0) is 4.79 Å². The fourth-order valence-electron chi connectivity index (χ4n) is 2.95. The van der Waals surface area contributed by atoms with Crippen molar-refractivity contribution in [2.45, 2.75) is 46.1 Å². The zero-order valence-corrected chi connectivity index (χ0v) is 13.4. The van der Waals surface area contributed by atoms with Crippen LogP contribution in [0.2, 0.25) is 0 Å². The van der Waals surface area contributed by atoms with Gasteiger partial charge in [-0.05, 0) is 13.3 Å². The smallest absolute Gasteiger partial charge is 0.389 e. The Morgan fingerprint density at radius 2 is 2.00 bits per heavy atom. The molecule has 1 aromatic rings. The van der Waals surface area contributed by atoms with Gasteiger partial charge < -0.3 is 4.42 Å². The van der Waals surface area contributed by atoms with Crippen LogP contribution in [0.1, 0.15) is 43.7 Å². The third kappa shape index (κ3) is 1.95. The van der Waals surface area contributed by atoms with Crippen molar-refractivity contribution in [3.63, 3.8) is 0 Å². The lowest BCUT2D eigenvalue weighted by Gasteiger charge is -2.32. The number of likely N-dealkylation sites (N-methyl/N-ethyl adjacent to an activating group) is 1. The van der Waals surface area contributed by atoms with Crippen molar-refractivity contribution in [3.05, 3.63) is 11.5 Å². The minimum atomic E-state index is -0.586. The number of amidine groups is 1. The van der Waals surface area contributed by atoms with Crippen molar-refractivity contribution >= 4 is 23.8 Å². The van der Waals surface area contributed by atoms with Crippen molar-refractivity contribution in [1.82, 2.24) is 9.80 Å². The molecule has 0 bridgehead atoms. The Morgan fingerprint density at radius 3 is 2.68 bits per heavy atom. The number of hydrogen-bond donors (Lipinski definition) is 0. The van der Waals surface area contributed by atoms with E-state index in [9.17, 15) is 9.59 Å². The van der Waals surface area contributed by atoms with Crippen LogP contribution in [0.3, 0.4) is 0 Å². The molecule has 2 aliphatic heterocycles. The Balaban J connectivity index is 1.96. The molecule has 0 saturated carbocycles. The van der Waals surface area contributed by atoms with Gasteiger partial charge >= 0.3 is 12.0 Å². The number of nitrogens with zero attached hydrogens (tertiary/aromatic N) is 4. The summed E-state index contributed by atoms with van der Waals surface area (Å²) in [5.74, 6) is 0.969. The van der Waals surface area contributed by atoms with Crippen LogP contribution in [0.4, 0.5) is 10.8 Å². The van der Waals surface area contributed by atoms with Crippen LogP contribution >= 0.6 is 0 Å². The molecule has 3 heterocycles. The summed E-state index contributed by atoms with van der Waals surface area (Å²) in [6, 6.07) is -0.508. The molecule has 1 saturated heterocycles. The molecule has 1 unspecified atom stereocenters. The van der Waals surface area contributed by atoms with E-state index in [0.717, 1.165) is 30.7 Å². The molecule has 3 rings (SSSR count). The van der Waals surface area contributed by atoms with Crippen molar-refractivity contribution in [2.75, 3.05) is 13.6 Å². The third-order valence-corrected chi connectivity index (χ3v) is 4.38. The van der Waals surface area contributed by atoms with E-state index >= 15 is 0 Å². The highest BCUT2D eigenvalue weighted by molar-refractivity contribution is 6.18. The van der Waals surface area contributed by atoms with Crippen LogP contribution in [0.15, 0.2) is 9.41 Å². The summed E-state index contributed by atoms with van der Waals surface area (Å²) in [6.07, 6.45) is 2.86. The molecule has 22 heavy (non-hydrogen) atoms. The van der Waals surface area contributed by atoms with Gasteiger partial charge in [0.25, 0.3) is 17.8 Å². The first-order valence-corrected chi connectivity index (χ1v) is 7.66. The predicted molar refractivity (Wildman–Crippen MR) is 78.9 cm³/mol. The minimum absolute atomic E-state index is 0.217. The summed E-state index contributed by atoms with van der Waals surface area (Å²) in [6.45, 7) is 6.28. The highest BCUT2D eigenvalue weighted by Gasteiger charge is 2.55. The maximum absolute atomic E-state index is 12.8. The van der Waals surface area contributed by atoms with E-state index in [4.69, 9.17) is 4.42 Å². The molecule has 0 aromatic carbocycles. The van der Waals surface area contributed by atoms with E-state index in [0.29, 0.717) is 18.4 Å². The summed E-state index contributed by atoms with van der Waals surface area (Å²) in [5, 5.41) is 0. The molecule has 1 atom stereocenters. The Labute approximate surface area is 129 Å². The van der Waals surface area contributed by atoms with Crippen LogP contribution in [0.5, 0.6) is 0 Å². The number of unbranched alkanes of at least 4 members (excludes halogenated alkanes) is 2. The van der Waals surface area contributed by atoms with Gasteiger partial charge in [-0.15, -0.1) is 0 Å². The Hall–Kier alpha value is -2.18. The molecule has 2 aliphatic rings. The number of amides is 3. The lowest BCUT2D eigenvalue weighted by Crippen LogP contribution is -2.63. The van der Waals surface area contributed by atoms with Crippen LogP contribution in [0.25, 0.3) is 0 Å². The van der Waals surface area contributed by atoms with Crippen molar-refractivity contribution in [1.29, 1.82) is 0 Å². The first-order valence-electron chi connectivity index (χ1n) is 7.66. The number of aliphatic imine (C=N–C) groups is 1.